The van der Waals surface area contributed by atoms with Gasteiger partial charge >= 0.3 is 0 Å². The molecule has 1 heterocycles. The van der Waals surface area contributed by atoms with Crippen molar-refractivity contribution < 1.29 is 9.59 Å². The molecule has 0 aromatic rings. The minimum atomic E-state index is -0.134. The Hall–Kier alpha value is -0.860. The molecule has 1 amide bonds. The number of carbonyl (C=O) groups excluding carboxylic acids is 2. The Morgan fingerprint density at radius 1 is 1.14 bits per heavy atom. The summed E-state index contributed by atoms with van der Waals surface area (Å²) in [4.78, 5) is 23.3. The fourth-order valence-corrected chi connectivity index (χ4v) is 3.67. The molecular formula is C11H15NO2. The van der Waals surface area contributed by atoms with Crippen LogP contribution < -0.4 is 0 Å². The van der Waals surface area contributed by atoms with E-state index < -0.39 is 0 Å². The van der Waals surface area contributed by atoms with E-state index in [-0.39, 0.29) is 6.04 Å². The Labute approximate surface area is 83.5 Å². The van der Waals surface area contributed by atoms with Gasteiger partial charge in [-0.05, 0) is 42.9 Å². The quantitative estimate of drug-likeness (QED) is 0.609. The average molecular weight is 193 g/mol. The van der Waals surface area contributed by atoms with E-state index >= 15 is 0 Å². The Balaban J connectivity index is 1.78. The molecule has 1 saturated heterocycles. The molecule has 3 aliphatic rings. The third kappa shape index (κ3) is 1.04. The van der Waals surface area contributed by atoms with Crippen molar-refractivity contribution in [2.24, 2.45) is 17.3 Å². The van der Waals surface area contributed by atoms with Crippen molar-refractivity contribution in [1.29, 1.82) is 0 Å². The van der Waals surface area contributed by atoms with Gasteiger partial charge in [0.05, 0.1) is 6.04 Å². The van der Waals surface area contributed by atoms with Crippen molar-refractivity contribution in [3.63, 3.8) is 0 Å². The summed E-state index contributed by atoms with van der Waals surface area (Å²) < 4.78 is 0. The van der Waals surface area contributed by atoms with Gasteiger partial charge in [-0.2, -0.15) is 0 Å². The van der Waals surface area contributed by atoms with Crippen molar-refractivity contribution in [3.05, 3.63) is 0 Å². The van der Waals surface area contributed by atoms with Crippen molar-refractivity contribution in [1.82, 2.24) is 4.90 Å². The van der Waals surface area contributed by atoms with E-state index in [4.69, 9.17) is 0 Å². The lowest BCUT2D eigenvalue weighted by atomic mass is 9.81. The lowest BCUT2D eigenvalue weighted by Crippen LogP contribution is -2.29. The second kappa shape index (κ2) is 2.59. The Morgan fingerprint density at radius 2 is 1.86 bits per heavy atom. The maximum Gasteiger partial charge on any atom is 0.210 e. The highest BCUT2D eigenvalue weighted by Gasteiger charge is 2.57. The summed E-state index contributed by atoms with van der Waals surface area (Å²) in [5.74, 6) is 1.85. The van der Waals surface area contributed by atoms with E-state index in [2.05, 4.69) is 0 Å². The normalized spacial score (nSPS) is 49.4. The van der Waals surface area contributed by atoms with Gasteiger partial charge in [0.15, 0.2) is 0 Å². The highest BCUT2D eigenvalue weighted by molar-refractivity contribution is 5.65. The van der Waals surface area contributed by atoms with E-state index in [0.717, 1.165) is 37.5 Å². The summed E-state index contributed by atoms with van der Waals surface area (Å²) in [6.07, 6.45) is 6.61. The third-order valence-corrected chi connectivity index (χ3v) is 4.34. The van der Waals surface area contributed by atoms with Crippen LogP contribution in [0.15, 0.2) is 0 Å². The van der Waals surface area contributed by atoms with E-state index in [9.17, 15) is 9.59 Å². The van der Waals surface area contributed by atoms with Crippen molar-refractivity contribution in [3.8, 4) is 0 Å². The molecule has 76 valence electrons. The molecule has 3 fully saturated rings. The number of hydrogen-bond donors (Lipinski definition) is 0. The SMILES string of the molecule is O=C[C@@H]1CC2(CC3CC3C2)CN1C=O. The maximum atomic E-state index is 10.8. The standard InChI is InChI=1S/C11H15NO2/c13-5-10-4-11(6-12(10)7-14)2-8-1-9(8)3-11/h5,7-10H,1-4,6H2/t8?,9?,10-,11?/m0/s1. The molecule has 0 radical (unpaired) electrons. The Kier molecular flexibility index (Phi) is 1.56. The number of aldehydes is 1. The Morgan fingerprint density at radius 3 is 2.36 bits per heavy atom. The molecule has 2 unspecified atom stereocenters. The molecule has 1 spiro atoms. The zero-order chi connectivity index (χ0) is 9.76. The maximum absolute atomic E-state index is 10.8. The lowest BCUT2D eigenvalue weighted by molar-refractivity contribution is -0.123. The van der Waals surface area contributed by atoms with E-state index in [1.807, 2.05) is 0 Å². The zero-order valence-corrected chi connectivity index (χ0v) is 8.19. The first kappa shape index (κ1) is 8.45. The van der Waals surface area contributed by atoms with Crippen LogP contribution in [0.4, 0.5) is 0 Å². The molecule has 3 rings (SSSR count). The number of hydrogen-bond acceptors (Lipinski definition) is 2. The molecule has 2 saturated carbocycles. The van der Waals surface area contributed by atoms with Crippen molar-refractivity contribution in [2.75, 3.05) is 6.54 Å². The van der Waals surface area contributed by atoms with Gasteiger partial charge in [-0.1, -0.05) is 0 Å². The first-order chi connectivity index (χ1) is 6.76. The predicted octanol–water partition coefficient (Wildman–Crippen LogP) is 0.832. The van der Waals surface area contributed by atoms with Crippen LogP contribution in [0.3, 0.4) is 0 Å². The number of fused-ring (bicyclic) bond motifs is 1. The molecule has 0 N–H and O–H groups in total. The topological polar surface area (TPSA) is 37.4 Å². The summed E-state index contributed by atoms with van der Waals surface area (Å²) in [6.45, 7) is 0.826. The zero-order valence-electron chi connectivity index (χ0n) is 8.19. The number of likely N-dealkylation sites (tertiary alicyclic amines) is 1. The second-order valence-electron chi connectivity index (χ2n) is 5.35. The van der Waals surface area contributed by atoms with E-state index in [1.165, 1.54) is 19.3 Å². The van der Waals surface area contributed by atoms with Crippen LogP contribution in [0.2, 0.25) is 0 Å². The number of carbonyl (C=O) groups is 2. The minimum Gasteiger partial charge on any atom is -0.335 e. The molecule has 3 heteroatoms. The van der Waals surface area contributed by atoms with Crippen LogP contribution in [0.25, 0.3) is 0 Å². The molecule has 1 aliphatic heterocycles. The van der Waals surface area contributed by atoms with E-state index in [0.29, 0.717) is 5.41 Å². The molecule has 3 atom stereocenters. The molecular weight excluding hydrogens is 178 g/mol. The average Bonchev–Trinajstić information content (AvgIpc) is 2.68. The van der Waals surface area contributed by atoms with Gasteiger partial charge in [0.25, 0.3) is 0 Å². The van der Waals surface area contributed by atoms with Gasteiger partial charge in [0.2, 0.25) is 6.41 Å². The van der Waals surface area contributed by atoms with Crippen molar-refractivity contribution in [2.45, 2.75) is 31.7 Å². The summed E-state index contributed by atoms with van der Waals surface area (Å²) in [5, 5.41) is 0. The summed E-state index contributed by atoms with van der Waals surface area (Å²) in [6, 6.07) is -0.134. The molecule has 2 aliphatic carbocycles. The lowest BCUT2D eigenvalue weighted by Gasteiger charge is -2.23. The van der Waals surface area contributed by atoms with E-state index in [1.54, 1.807) is 4.90 Å². The number of rotatable bonds is 2. The number of nitrogens with zero attached hydrogens (tertiary/aromatic N) is 1. The van der Waals surface area contributed by atoms with Crippen LogP contribution in [0.1, 0.15) is 25.7 Å². The largest absolute Gasteiger partial charge is 0.335 e. The fourth-order valence-electron chi connectivity index (χ4n) is 3.67. The third-order valence-electron chi connectivity index (χ3n) is 4.34. The molecule has 0 aromatic carbocycles. The van der Waals surface area contributed by atoms with Gasteiger partial charge in [-0.25, -0.2) is 0 Å². The van der Waals surface area contributed by atoms with Crippen LogP contribution in [0, 0.1) is 17.3 Å². The highest BCUT2D eigenvalue weighted by Crippen LogP contribution is 2.63. The van der Waals surface area contributed by atoms with Gasteiger partial charge in [0.1, 0.15) is 6.29 Å². The monoisotopic (exact) mass is 193 g/mol. The first-order valence-corrected chi connectivity index (χ1v) is 5.43. The van der Waals surface area contributed by atoms with Gasteiger partial charge in [0, 0.05) is 6.54 Å². The molecule has 0 bridgehead atoms. The smallest absolute Gasteiger partial charge is 0.210 e. The van der Waals surface area contributed by atoms with Crippen LogP contribution in [-0.4, -0.2) is 30.2 Å². The summed E-state index contributed by atoms with van der Waals surface area (Å²) >= 11 is 0. The summed E-state index contributed by atoms with van der Waals surface area (Å²) in [5.41, 5.74) is 0.320. The van der Waals surface area contributed by atoms with Crippen LogP contribution in [-0.2, 0) is 9.59 Å². The molecule has 0 aromatic heterocycles. The first-order valence-electron chi connectivity index (χ1n) is 5.43. The van der Waals surface area contributed by atoms with Gasteiger partial charge < -0.3 is 9.69 Å². The Bertz CT molecular complexity index is 261. The minimum absolute atomic E-state index is 0.134. The predicted molar refractivity (Wildman–Crippen MR) is 50.5 cm³/mol. The molecule has 3 nitrogen and oxygen atoms in total. The number of amides is 1. The van der Waals surface area contributed by atoms with Crippen LogP contribution in [0.5, 0.6) is 0 Å². The molecule has 14 heavy (non-hydrogen) atoms. The second-order valence-corrected chi connectivity index (χ2v) is 5.35. The van der Waals surface area contributed by atoms with Gasteiger partial charge in [-0.15, -0.1) is 0 Å². The fraction of sp³-hybridized carbons (Fsp3) is 0.818. The summed E-state index contributed by atoms with van der Waals surface area (Å²) in [7, 11) is 0. The van der Waals surface area contributed by atoms with Crippen molar-refractivity contribution >= 4 is 12.7 Å². The highest BCUT2D eigenvalue weighted by atomic mass is 16.1. The van der Waals surface area contributed by atoms with Crippen LogP contribution >= 0.6 is 0 Å². The van der Waals surface area contributed by atoms with Gasteiger partial charge in [-0.3, -0.25) is 4.79 Å².